The van der Waals surface area contributed by atoms with E-state index in [1.54, 1.807) is 0 Å². The van der Waals surface area contributed by atoms with Crippen LogP contribution >= 0.6 is 0 Å². The van der Waals surface area contributed by atoms with E-state index in [0.29, 0.717) is 0 Å². The fraction of sp³-hybridized carbons (Fsp3) is 0.0323. The maximum absolute atomic E-state index is 2.46. The lowest BCUT2D eigenvalue weighted by Gasteiger charge is -2.20. The van der Waals surface area contributed by atoms with Crippen molar-refractivity contribution in [1.29, 1.82) is 0 Å². The molecule has 13 rings (SSSR count). The molecule has 288 valence electrons. The van der Waals surface area contributed by atoms with Crippen LogP contribution in [0.2, 0.25) is 0 Å². The zero-order chi connectivity index (χ0) is 40.7. The Morgan fingerprint density at radius 1 is 0.210 bits per heavy atom. The Labute approximate surface area is 362 Å². The van der Waals surface area contributed by atoms with Crippen LogP contribution in [0.3, 0.4) is 0 Å². The van der Waals surface area contributed by atoms with Gasteiger partial charge in [0.05, 0.1) is 0 Å². The fourth-order valence-electron chi connectivity index (χ4n) is 11.1. The maximum Gasteiger partial charge on any atom is 0.0358 e. The molecule has 0 radical (unpaired) electrons. The monoisotopic (exact) mass is 784 g/mol. The van der Waals surface area contributed by atoms with Crippen LogP contribution in [0.1, 0.15) is 45.2 Å². The first-order chi connectivity index (χ1) is 30.8. The van der Waals surface area contributed by atoms with Crippen molar-refractivity contribution in [1.82, 2.24) is 0 Å². The van der Waals surface area contributed by atoms with Gasteiger partial charge in [-0.1, -0.05) is 212 Å². The average molecular weight is 785 g/mol. The zero-order valence-electron chi connectivity index (χ0n) is 34.1. The average Bonchev–Trinajstić information content (AvgIpc) is 3.86. The van der Waals surface area contributed by atoms with Gasteiger partial charge in [0.1, 0.15) is 0 Å². The normalized spacial score (nSPS) is 14.8. The molecule has 11 aromatic carbocycles. The minimum absolute atomic E-state index is 0.128. The van der Waals surface area contributed by atoms with Crippen molar-refractivity contribution >= 4 is 32.3 Å². The molecule has 0 N–H and O–H groups in total. The molecule has 0 saturated carbocycles. The molecule has 0 amide bonds. The molecule has 2 unspecified atom stereocenters. The topological polar surface area (TPSA) is 0 Å². The predicted octanol–water partition coefficient (Wildman–Crippen LogP) is 16.5. The molecule has 0 nitrogen and oxygen atoms in total. The van der Waals surface area contributed by atoms with Gasteiger partial charge in [-0.25, -0.2) is 0 Å². The number of rotatable bonds is 5. The van der Waals surface area contributed by atoms with E-state index in [1.807, 2.05) is 0 Å². The van der Waals surface area contributed by atoms with Crippen molar-refractivity contribution in [2.75, 3.05) is 0 Å². The highest BCUT2D eigenvalue weighted by Gasteiger charge is 2.33. The van der Waals surface area contributed by atoms with Gasteiger partial charge < -0.3 is 0 Å². The number of hydrogen-bond acceptors (Lipinski definition) is 0. The van der Waals surface area contributed by atoms with Crippen LogP contribution in [0, 0.1) is 0 Å². The molecule has 0 saturated heterocycles. The third-order valence-corrected chi connectivity index (χ3v) is 13.8. The Bertz CT molecular complexity index is 3470. The first kappa shape index (κ1) is 35.0. The smallest absolute Gasteiger partial charge is 0.0358 e. The summed E-state index contributed by atoms with van der Waals surface area (Å²) in [7, 11) is 0. The van der Waals surface area contributed by atoms with Crippen LogP contribution in [0.15, 0.2) is 231 Å². The second-order valence-electron chi connectivity index (χ2n) is 17.1. The molecule has 0 heterocycles. The molecule has 2 aliphatic carbocycles. The zero-order valence-corrected chi connectivity index (χ0v) is 34.1. The molecule has 2 aliphatic rings. The molecular weight excluding hydrogens is 745 g/mol. The Balaban J connectivity index is 0.951. The largest absolute Gasteiger partial charge is 0.0622 e. The van der Waals surface area contributed by atoms with Crippen molar-refractivity contribution < 1.29 is 0 Å². The lowest BCUT2D eigenvalue weighted by molar-refractivity contribution is 1.02. The molecule has 0 aromatic heterocycles. The summed E-state index contributed by atoms with van der Waals surface area (Å²) in [6.45, 7) is 0. The lowest BCUT2D eigenvalue weighted by Crippen LogP contribution is -2.01. The van der Waals surface area contributed by atoms with Crippen LogP contribution in [0.4, 0.5) is 0 Å². The molecular formula is C62H40. The molecule has 0 aliphatic heterocycles. The summed E-state index contributed by atoms with van der Waals surface area (Å²) >= 11 is 0. The summed E-state index contributed by atoms with van der Waals surface area (Å²) in [4.78, 5) is 0. The number of fused-ring (bicyclic) bond motifs is 12. The Hall–Kier alpha value is -7.80. The van der Waals surface area contributed by atoms with E-state index in [0.717, 1.165) is 0 Å². The minimum atomic E-state index is 0.128. The van der Waals surface area contributed by atoms with Crippen LogP contribution in [0.5, 0.6) is 0 Å². The highest BCUT2D eigenvalue weighted by atomic mass is 14.4. The Morgan fingerprint density at radius 3 is 1.18 bits per heavy atom. The summed E-state index contributed by atoms with van der Waals surface area (Å²) < 4.78 is 0. The molecule has 62 heavy (non-hydrogen) atoms. The van der Waals surface area contributed by atoms with Gasteiger partial charge in [-0.2, -0.15) is 0 Å². The highest BCUT2D eigenvalue weighted by Crippen LogP contribution is 2.53. The third-order valence-electron chi connectivity index (χ3n) is 13.8. The van der Waals surface area contributed by atoms with E-state index >= 15 is 0 Å². The summed E-state index contributed by atoms with van der Waals surface area (Å²) in [5, 5.41) is 7.93. The van der Waals surface area contributed by atoms with Crippen LogP contribution in [0.25, 0.3) is 88.0 Å². The van der Waals surface area contributed by atoms with Crippen LogP contribution in [-0.4, -0.2) is 0 Å². The molecule has 0 bridgehead atoms. The van der Waals surface area contributed by atoms with Gasteiger partial charge in [-0.15, -0.1) is 0 Å². The molecule has 2 atom stereocenters. The van der Waals surface area contributed by atoms with Crippen LogP contribution < -0.4 is 0 Å². The molecule has 0 spiro atoms. The Kier molecular flexibility index (Phi) is 7.84. The first-order valence-corrected chi connectivity index (χ1v) is 21.8. The molecule has 0 fully saturated rings. The van der Waals surface area contributed by atoms with E-state index in [2.05, 4.69) is 231 Å². The van der Waals surface area contributed by atoms with Crippen molar-refractivity contribution in [3.05, 3.63) is 264 Å². The summed E-state index contributed by atoms with van der Waals surface area (Å²) in [5.41, 5.74) is 20.9. The first-order valence-electron chi connectivity index (χ1n) is 21.8. The summed E-state index contributed by atoms with van der Waals surface area (Å²) in [6, 6.07) is 86.2. The third kappa shape index (κ3) is 5.33. The van der Waals surface area contributed by atoms with Gasteiger partial charge in [0.25, 0.3) is 0 Å². The maximum atomic E-state index is 2.46. The van der Waals surface area contributed by atoms with E-state index in [4.69, 9.17) is 0 Å². The van der Waals surface area contributed by atoms with Crippen molar-refractivity contribution in [2.45, 2.75) is 11.8 Å². The molecule has 0 heteroatoms. The van der Waals surface area contributed by atoms with Gasteiger partial charge in [0.15, 0.2) is 0 Å². The highest BCUT2D eigenvalue weighted by molar-refractivity contribution is 6.26. The number of hydrogen-bond donors (Lipinski definition) is 0. The van der Waals surface area contributed by atoms with Gasteiger partial charge in [-0.3, -0.25) is 0 Å². The number of benzene rings is 11. The lowest BCUT2D eigenvalue weighted by atomic mass is 9.83. The summed E-state index contributed by atoms with van der Waals surface area (Å²) in [5.74, 6) is 0.256. The van der Waals surface area contributed by atoms with Crippen LogP contribution in [-0.2, 0) is 0 Å². The SMILES string of the molecule is c1ccc(-c2cc(-c3ccccc3)cc(C3c4ccccc4-c4cc(-c5ccc6c(c5)-c5ccccc5C6c5cccc6c7ccccc7c7ccccc7c56)ccc43)c2)cc1. The van der Waals surface area contributed by atoms with E-state index in [1.165, 1.54) is 121 Å². The predicted molar refractivity (Wildman–Crippen MR) is 261 cm³/mol. The quantitative estimate of drug-likeness (QED) is 0.153. The van der Waals surface area contributed by atoms with Gasteiger partial charge in [0, 0.05) is 11.8 Å². The van der Waals surface area contributed by atoms with Gasteiger partial charge in [0.2, 0.25) is 0 Å². The van der Waals surface area contributed by atoms with Crippen molar-refractivity contribution in [3.63, 3.8) is 0 Å². The van der Waals surface area contributed by atoms with Crippen molar-refractivity contribution in [3.8, 4) is 55.6 Å². The molecule has 11 aromatic rings. The minimum Gasteiger partial charge on any atom is -0.0622 e. The van der Waals surface area contributed by atoms with Gasteiger partial charge >= 0.3 is 0 Å². The second kappa shape index (κ2) is 13.9. The van der Waals surface area contributed by atoms with E-state index in [9.17, 15) is 0 Å². The van der Waals surface area contributed by atoms with E-state index < -0.39 is 0 Å². The van der Waals surface area contributed by atoms with E-state index in [-0.39, 0.29) is 11.8 Å². The second-order valence-corrected chi connectivity index (χ2v) is 17.1. The van der Waals surface area contributed by atoms with Crippen molar-refractivity contribution in [2.24, 2.45) is 0 Å². The standard InChI is InChI=1S/C62H40/c1-3-16-39(17-4-1)43-34-44(40-18-5-2-6-19-40)36-45(35-43)60-51-25-12-10-23-49(51)58-37-41(30-32-55(58)60)42-31-33-56-59(38-42)50-24-11-14-27-53(50)62(56)57-29-15-28-54-48-21-8-7-20-46(48)47-22-9-13-26-52(47)61(54)57/h1-38,60,62H. The Morgan fingerprint density at radius 2 is 0.613 bits per heavy atom. The summed E-state index contributed by atoms with van der Waals surface area (Å²) in [6.07, 6.45) is 0. The van der Waals surface area contributed by atoms with Gasteiger partial charge in [-0.05, 0) is 140 Å². The fourth-order valence-corrected chi connectivity index (χ4v) is 11.1.